The van der Waals surface area contributed by atoms with E-state index in [1.807, 2.05) is 32.6 Å². The Morgan fingerprint density at radius 3 is 2.64 bits per heavy atom. The van der Waals surface area contributed by atoms with E-state index in [2.05, 4.69) is 0 Å². The van der Waals surface area contributed by atoms with Gasteiger partial charge in [-0.05, 0) is 39.8 Å². The Labute approximate surface area is 131 Å². The largest absolute Gasteiger partial charge is 0.461 e. The second kappa shape index (κ2) is 6.52. The average Bonchev–Trinajstić information content (AvgIpc) is 2.90. The third-order valence-electron chi connectivity index (χ3n) is 3.50. The normalized spacial score (nSPS) is 20.0. The van der Waals surface area contributed by atoms with Crippen LogP contribution in [0.1, 0.15) is 38.2 Å². The summed E-state index contributed by atoms with van der Waals surface area (Å²) < 4.78 is 10.5. The summed E-state index contributed by atoms with van der Waals surface area (Å²) in [4.78, 5) is 27.9. The van der Waals surface area contributed by atoms with E-state index in [1.54, 1.807) is 17.0 Å². The van der Waals surface area contributed by atoms with E-state index < -0.39 is 5.60 Å². The van der Waals surface area contributed by atoms with Gasteiger partial charge in [-0.3, -0.25) is 9.69 Å². The van der Waals surface area contributed by atoms with Gasteiger partial charge < -0.3 is 14.1 Å². The zero-order valence-corrected chi connectivity index (χ0v) is 13.7. The number of carbonyl (C=O) groups excluding carboxylic acids is 2. The predicted molar refractivity (Wildman–Crippen MR) is 81.9 cm³/mol. The highest BCUT2D eigenvalue weighted by atomic mass is 16.6. The van der Waals surface area contributed by atoms with Crippen LogP contribution in [0.25, 0.3) is 0 Å². The van der Waals surface area contributed by atoms with Crippen LogP contribution in [0.4, 0.5) is 4.79 Å². The molecule has 2 rings (SSSR count). The monoisotopic (exact) mass is 308 g/mol. The maximum atomic E-state index is 12.1. The highest BCUT2D eigenvalue weighted by Gasteiger charge is 2.31. The summed E-state index contributed by atoms with van der Waals surface area (Å²) in [6, 6.07) is 3.38. The van der Waals surface area contributed by atoms with E-state index in [4.69, 9.17) is 9.15 Å². The van der Waals surface area contributed by atoms with Gasteiger partial charge in [0.1, 0.15) is 5.60 Å². The van der Waals surface area contributed by atoms with Gasteiger partial charge >= 0.3 is 6.09 Å². The highest BCUT2D eigenvalue weighted by molar-refractivity contribution is 5.95. The summed E-state index contributed by atoms with van der Waals surface area (Å²) in [5.41, 5.74) is -0.497. The van der Waals surface area contributed by atoms with E-state index in [1.165, 1.54) is 6.26 Å². The van der Waals surface area contributed by atoms with Gasteiger partial charge in [-0.1, -0.05) is 0 Å². The summed E-state index contributed by atoms with van der Waals surface area (Å²) in [6.45, 7) is 9.69. The first kappa shape index (κ1) is 16.5. The van der Waals surface area contributed by atoms with Crippen LogP contribution in [0.5, 0.6) is 0 Å². The van der Waals surface area contributed by atoms with Crippen molar-refractivity contribution in [3.63, 3.8) is 0 Å². The zero-order valence-electron chi connectivity index (χ0n) is 13.7. The quantitative estimate of drug-likeness (QED) is 0.802. The fraction of sp³-hybridized carbons (Fsp3) is 0.625. The molecule has 122 valence electrons. The van der Waals surface area contributed by atoms with Crippen LogP contribution in [0.15, 0.2) is 22.8 Å². The number of hydrogen-bond donors (Lipinski definition) is 0. The Balaban J connectivity index is 1.87. The van der Waals surface area contributed by atoms with Gasteiger partial charge in [0.05, 0.1) is 12.8 Å². The molecule has 0 aromatic carbocycles. The van der Waals surface area contributed by atoms with Crippen LogP contribution in [0.3, 0.4) is 0 Å². The summed E-state index contributed by atoms with van der Waals surface area (Å²) in [5, 5.41) is 0. The van der Waals surface area contributed by atoms with Crippen molar-refractivity contribution in [2.75, 3.05) is 26.2 Å². The first-order chi connectivity index (χ1) is 10.3. The van der Waals surface area contributed by atoms with Crippen molar-refractivity contribution in [2.24, 2.45) is 0 Å². The average molecular weight is 308 g/mol. The number of rotatable bonds is 3. The van der Waals surface area contributed by atoms with Crippen LogP contribution < -0.4 is 0 Å². The second-order valence-electron chi connectivity index (χ2n) is 6.66. The highest BCUT2D eigenvalue weighted by Crippen LogP contribution is 2.16. The van der Waals surface area contributed by atoms with Crippen molar-refractivity contribution in [1.82, 2.24) is 9.80 Å². The number of ether oxygens (including phenoxy) is 1. The molecule has 0 saturated carbocycles. The van der Waals surface area contributed by atoms with Crippen LogP contribution in [0.2, 0.25) is 0 Å². The van der Waals surface area contributed by atoms with Crippen molar-refractivity contribution in [2.45, 2.75) is 39.3 Å². The Bertz CT molecular complexity index is 519. The number of hydrogen-bond acceptors (Lipinski definition) is 5. The van der Waals surface area contributed by atoms with Gasteiger partial charge in [-0.15, -0.1) is 0 Å². The fourth-order valence-corrected chi connectivity index (χ4v) is 2.49. The summed E-state index contributed by atoms with van der Waals surface area (Å²) in [7, 11) is 0. The third-order valence-corrected chi connectivity index (χ3v) is 3.50. The minimum Gasteiger partial charge on any atom is -0.461 e. The van der Waals surface area contributed by atoms with E-state index in [0.717, 1.165) is 0 Å². The number of amides is 1. The van der Waals surface area contributed by atoms with Crippen molar-refractivity contribution in [3.8, 4) is 0 Å². The Morgan fingerprint density at radius 1 is 1.36 bits per heavy atom. The molecule has 0 unspecified atom stereocenters. The summed E-state index contributed by atoms with van der Waals surface area (Å²) >= 11 is 0. The van der Waals surface area contributed by atoms with E-state index in [-0.39, 0.29) is 17.9 Å². The van der Waals surface area contributed by atoms with Crippen molar-refractivity contribution in [3.05, 3.63) is 24.2 Å². The summed E-state index contributed by atoms with van der Waals surface area (Å²) in [5.74, 6) is 0.338. The minimum atomic E-state index is -0.497. The van der Waals surface area contributed by atoms with Gasteiger partial charge in [-0.2, -0.15) is 0 Å². The van der Waals surface area contributed by atoms with Gasteiger partial charge in [-0.25, -0.2) is 4.79 Å². The van der Waals surface area contributed by atoms with Gasteiger partial charge in [0.2, 0.25) is 5.78 Å². The molecule has 1 atom stereocenters. The number of carbonyl (C=O) groups is 2. The SMILES string of the molecule is C[C@@H]1CN(CC(=O)c2ccco2)CCN1C(=O)OC(C)(C)C. The molecule has 1 fully saturated rings. The van der Waals surface area contributed by atoms with Gasteiger partial charge in [0.15, 0.2) is 5.76 Å². The lowest BCUT2D eigenvalue weighted by atomic mass is 10.1. The molecule has 0 bridgehead atoms. The van der Waals surface area contributed by atoms with E-state index >= 15 is 0 Å². The Morgan fingerprint density at radius 2 is 2.09 bits per heavy atom. The second-order valence-corrected chi connectivity index (χ2v) is 6.66. The maximum Gasteiger partial charge on any atom is 0.410 e. The minimum absolute atomic E-state index is 0.00741. The Kier molecular flexibility index (Phi) is 4.90. The van der Waals surface area contributed by atoms with Crippen LogP contribution in [-0.2, 0) is 4.74 Å². The predicted octanol–water partition coefficient (Wildman–Crippen LogP) is 2.40. The zero-order chi connectivity index (χ0) is 16.3. The van der Waals surface area contributed by atoms with E-state index in [9.17, 15) is 9.59 Å². The van der Waals surface area contributed by atoms with Gasteiger partial charge in [0, 0.05) is 25.7 Å². The molecular weight excluding hydrogens is 284 g/mol. The molecule has 6 nitrogen and oxygen atoms in total. The first-order valence-corrected chi connectivity index (χ1v) is 7.55. The van der Waals surface area contributed by atoms with E-state index in [0.29, 0.717) is 31.9 Å². The van der Waals surface area contributed by atoms with Crippen molar-refractivity contribution < 1.29 is 18.7 Å². The van der Waals surface area contributed by atoms with Crippen LogP contribution >= 0.6 is 0 Å². The molecule has 1 amide bonds. The molecule has 2 heterocycles. The summed E-state index contributed by atoms with van der Waals surface area (Å²) in [6.07, 6.45) is 1.20. The Hall–Kier alpha value is -1.82. The smallest absolute Gasteiger partial charge is 0.410 e. The molecule has 1 saturated heterocycles. The third kappa shape index (κ3) is 4.34. The molecule has 1 aliphatic heterocycles. The molecule has 1 aromatic heterocycles. The lowest BCUT2D eigenvalue weighted by Gasteiger charge is -2.39. The molecule has 6 heteroatoms. The maximum absolute atomic E-state index is 12.1. The van der Waals surface area contributed by atoms with Crippen LogP contribution in [-0.4, -0.2) is 59.5 Å². The van der Waals surface area contributed by atoms with Gasteiger partial charge in [0.25, 0.3) is 0 Å². The van der Waals surface area contributed by atoms with Crippen molar-refractivity contribution >= 4 is 11.9 Å². The number of Topliss-reactive ketones (excluding diaryl/α,β-unsaturated/α-hetero) is 1. The van der Waals surface area contributed by atoms with Crippen molar-refractivity contribution in [1.29, 1.82) is 0 Å². The fourth-order valence-electron chi connectivity index (χ4n) is 2.49. The number of ketones is 1. The topological polar surface area (TPSA) is 63.0 Å². The van der Waals surface area contributed by atoms with Crippen LogP contribution in [0, 0.1) is 0 Å². The first-order valence-electron chi connectivity index (χ1n) is 7.55. The number of piperazine rings is 1. The molecule has 0 radical (unpaired) electrons. The lowest BCUT2D eigenvalue weighted by molar-refractivity contribution is 0.00211. The molecule has 22 heavy (non-hydrogen) atoms. The molecule has 1 aromatic rings. The number of nitrogens with zero attached hydrogens (tertiary/aromatic N) is 2. The number of furan rings is 1. The lowest BCUT2D eigenvalue weighted by Crippen LogP contribution is -2.55. The molecular formula is C16H24N2O4. The molecule has 1 aliphatic rings. The molecule has 0 spiro atoms. The molecule has 0 N–H and O–H groups in total. The molecule has 0 aliphatic carbocycles. The standard InChI is InChI=1S/C16H24N2O4/c1-12-10-17(11-13(19)14-6-5-9-21-14)7-8-18(12)15(20)22-16(2,3)4/h5-6,9,12H,7-8,10-11H2,1-4H3/t12-/m1/s1.